The quantitative estimate of drug-likeness (QED) is 0.340. The van der Waals surface area contributed by atoms with Gasteiger partial charge in [-0.3, -0.25) is 9.13 Å². The van der Waals surface area contributed by atoms with Crippen LogP contribution in [-0.2, 0) is 15.6 Å². The van der Waals surface area contributed by atoms with Gasteiger partial charge in [0.1, 0.15) is 5.82 Å². The van der Waals surface area contributed by atoms with Crippen molar-refractivity contribution in [2.45, 2.75) is 11.5 Å². The zero-order valence-corrected chi connectivity index (χ0v) is 17.5. The van der Waals surface area contributed by atoms with Crippen molar-refractivity contribution in [3.05, 3.63) is 71.3 Å². The van der Waals surface area contributed by atoms with Gasteiger partial charge in [0.05, 0.1) is 11.4 Å². The van der Waals surface area contributed by atoms with E-state index in [-0.39, 0.29) is 11.3 Å². The summed E-state index contributed by atoms with van der Waals surface area (Å²) in [5.74, 6) is -0.499. The Bertz CT molecular complexity index is 1130. The highest BCUT2D eigenvalue weighted by atomic mass is 35.5. The van der Waals surface area contributed by atoms with E-state index in [1.807, 2.05) is 0 Å². The van der Waals surface area contributed by atoms with Gasteiger partial charge in [-0.05, 0) is 42.0 Å². The first-order chi connectivity index (χ1) is 13.8. The van der Waals surface area contributed by atoms with E-state index >= 15 is 0 Å². The van der Waals surface area contributed by atoms with Crippen LogP contribution in [-0.4, -0.2) is 39.5 Å². The molecule has 0 atom stereocenters. The lowest BCUT2D eigenvalue weighted by molar-refractivity contribution is 0.130. The summed E-state index contributed by atoms with van der Waals surface area (Å²) in [6.45, 7) is 0. The minimum absolute atomic E-state index is 0.198. The van der Waals surface area contributed by atoms with Gasteiger partial charge in [-0.25, -0.2) is 9.07 Å². The smallest absolute Gasteiger partial charge is 0.367 e. The van der Waals surface area contributed by atoms with E-state index in [2.05, 4.69) is 5.10 Å². The molecule has 3 rings (SSSR count). The lowest BCUT2D eigenvalue weighted by Crippen LogP contribution is -2.31. The Morgan fingerprint density at radius 3 is 2.00 bits per heavy atom. The number of nitrogens with zero attached hydrogens (tertiary/aromatic N) is 2. The van der Waals surface area contributed by atoms with E-state index in [1.54, 1.807) is 12.1 Å². The van der Waals surface area contributed by atoms with E-state index in [0.717, 1.165) is 0 Å². The standard InChI is InChI=1S/C17H16ClFN2O7P2/c18-12-3-1-11(2-4-12)15-10-21(14-7-5-13(19)6-8-14)20-16(15)9-17(22,29(23,24)25)30(26,27)28/h1-8,10,22H,9H2,(H2,23,24,25)(H2,26,27,28). The van der Waals surface area contributed by atoms with E-state index in [1.165, 1.54) is 47.3 Å². The first-order valence-electron chi connectivity index (χ1n) is 8.26. The van der Waals surface area contributed by atoms with Crippen LogP contribution in [0.25, 0.3) is 16.8 Å². The van der Waals surface area contributed by atoms with E-state index in [9.17, 15) is 38.2 Å². The fourth-order valence-electron chi connectivity index (χ4n) is 2.74. The van der Waals surface area contributed by atoms with Gasteiger partial charge in [-0.15, -0.1) is 0 Å². The van der Waals surface area contributed by atoms with E-state index < -0.39 is 32.5 Å². The molecule has 30 heavy (non-hydrogen) atoms. The lowest BCUT2D eigenvalue weighted by Gasteiger charge is -2.28. The number of halogens is 2. The summed E-state index contributed by atoms with van der Waals surface area (Å²) >= 11 is 5.88. The molecule has 9 nitrogen and oxygen atoms in total. The Labute approximate surface area is 174 Å². The maximum absolute atomic E-state index is 13.2. The Hall–Kier alpha value is -1.87. The Morgan fingerprint density at radius 1 is 0.967 bits per heavy atom. The second kappa shape index (κ2) is 8.00. The topological polar surface area (TPSA) is 153 Å². The van der Waals surface area contributed by atoms with Crippen molar-refractivity contribution < 1.29 is 38.2 Å². The van der Waals surface area contributed by atoms with Crippen LogP contribution >= 0.6 is 26.8 Å². The average molecular weight is 477 g/mol. The molecule has 1 aromatic heterocycles. The number of hydrogen-bond acceptors (Lipinski definition) is 4. The van der Waals surface area contributed by atoms with Crippen molar-refractivity contribution in [2.24, 2.45) is 0 Å². The molecule has 0 aliphatic rings. The van der Waals surface area contributed by atoms with E-state index in [0.29, 0.717) is 16.3 Å². The summed E-state index contributed by atoms with van der Waals surface area (Å²) in [6, 6.07) is 11.3. The predicted molar refractivity (Wildman–Crippen MR) is 107 cm³/mol. The Balaban J connectivity index is 2.18. The summed E-state index contributed by atoms with van der Waals surface area (Å²) in [5.41, 5.74) is 0.863. The minimum atomic E-state index is -5.69. The number of aliphatic hydroxyl groups is 1. The molecular formula is C17H16ClFN2O7P2. The minimum Gasteiger partial charge on any atom is -0.367 e. The van der Waals surface area contributed by atoms with Crippen molar-refractivity contribution in [3.8, 4) is 16.8 Å². The molecule has 0 aliphatic carbocycles. The summed E-state index contributed by atoms with van der Waals surface area (Å²) in [4.78, 5) is 37.8. The highest BCUT2D eigenvalue weighted by Gasteiger charge is 2.60. The van der Waals surface area contributed by atoms with Gasteiger partial charge in [0, 0.05) is 23.2 Å². The SMILES string of the molecule is O=P(O)(O)C(O)(Cc1nn(-c2ccc(F)cc2)cc1-c1ccc(Cl)cc1)P(=O)(O)O. The third kappa shape index (κ3) is 4.42. The van der Waals surface area contributed by atoms with Gasteiger partial charge in [-0.1, -0.05) is 23.7 Å². The molecule has 0 aliphatic heterocycles. The molecule has 0 spiro atoms. The van der Waals surface area contributed by atoms with Gasteiger partial charge in [0.15, 0.2) is 0 Å². The molecule has 1 heterocycles. The average Bonchev–Trinajstić information content (AvgIpc) is 3.04. The normalized spacial score (nSPS) is 12.9. The van der Waals surface area contributed by atoms with Crippen LogP contribution in [0.5, 0.6) is 0 Å². The van der Waals surface area contributed by atoms with Crippen LogP contribution in [0.15, 0.2) is 54.7 Å². The Kier molecular flexibility index (Phi) is 6.08. The summed E-state index contributed by atoms with van der Waals surface area (Å²) < 4.78 is 38.0. The van der Waals surface area contributed by atoms with Gasteiger partial charge in [-0.2, -0.15) is 5.10 Å². The number of benzene rings is 2. The van der Waals surface area contributed by atoms with Crippen molar-refractivity contribution in [1.29, 1.82) is 0 Å². The zero-order chi connectivity index (χ0) is 22.3. The van der Waals surface area contributed by atoms with E-state index in [4.69, 9.17) is 11.6 Å². The third-order valence-electron chi connectivity index (χ3n) is 4.37. The zero-order valence-electron chi connectivity index (χ0n) is 15.0. The van der Waals surface area contributed by atoms with Gasteiger partial charge >= 0.3 is 15.2 Å². The summed E-state index contributed by atoms with van der Waals surface area (Å²) in [7, 11) is -11.4. The number of aromatic nitrogens is 2. The molecule has 0 amide bonds. The molecule has 160 valence electrons. The molecule has 5 N–H and O–H groups in total. The Morgan fingerprint density at radius 2 is 1.50 bits per heavy atom. The summed E-state index contributed by atoms with van der Waals surface area (Å²) in [6.07, 6.45) is 0.277. The van der Waals surface area contributed by atoms with Crippen molar-refractivity contribution in [2.75, 3.05) is 0 Å². The molecule has 0 unspecified atom stereocenters. The molecule has 0 fully saturated rings. The maximum Gasteiger partial charge on any atom is 0.369 e. The highest BCUT2D eigenvalue weighted by molar-refractivity contribution is 7.72. The van der Waals surface area contributed by atoms with Crippen LogP contribution in [0.4, 0.5) is 4.39 Å². The first kappa shape index (κ1) is 22.8. The number of rotatable bonds is 6. The number of hydrogen-bond donors (Lipinski definition) is 5. The second-order valence-electron chi connectivity index (χ2n) is 6.46. The second-order valence-corrected chi connectivity index (χ2v) is 10.9. The lowest BCUT2D eigenvalue weighted by atomic mass is 10.1. The molecule has 2 aromatic carbocycles. The van der Waals surface area contributed by atoms with Crippen LogP contribution < -0.4 is 0 Å². The van der Waals surface area contributed by atoms with Crippen molar-refractivity contribution in [1.82, 2.24) is 9.78 Å². The van der Waals surface area contributed by atoms with Crippen LogP contribution in [0.3, 0.4) is 0 Å². The van der Waals surface area contributed by atoms with Gasteiger partial charge in [0.25, 0.3) is 5.08 Å². The molecule has 3 aromatic rings. The molecule has 13 heteroatoms. The molecule has 0 bridgehead atoms. The fourth-order valence-corrected chi connectivity index (χ4v) is 4.93. The van der Waals surface area contributed by atoms with Crippen molar-refractivity contribution >= 4 is 26.8 Å². The highest BCUT2D eigenvalue weighted by Crippen LogP contribution is 2.68. The van der Waals surface area contributed by atoms with Crippen LogP contribution in [0.1, 0.15) is 5.69 Å². The van der Waals surface area contributed by atoms with Crippen molar-refractivity contribution in [3.63, 3.8) is 0 Å². The maximum atomic E-state index is 13.2. The molecule has 0 radical (unpaired) electrons. The predicted octanol–water partition coefficient (Wildman–Crippen LogP) is 2.88. The largest absolute Gasteiger partial charge is 0.369 e. The third-order valence-corrected chi connectivity index (χ3v) is 8.37. The molecular weight excluding hydrogens is 461 g/mol. The fraction of sp³-hybridized carbons (Fsp3) is 0.118. The summed E-state index contributed by atoms with van der Waals surface area (Å²) in [5, 5.41) is 11.2. The van der Waals surface area contributed by atoms with Gasteiger partial charge in [0.2, 0.25) is 0 Å². The molecule has 0 saturated heterocycles. The van der Waals surface area contributed by atoms with Crippen LogP contribution in [0, 0.1) is 5.82 Å². The van der Waals surface area contributed by atoms with Gasteiger partial charge < -0.3 is 24.7 Å². The molecule has 0 saturated carbocycles. The first-order valence-corrected chi connectivity index (χ1v) is 11.9. The monoisotopic (exact) mass is 476 g/mol. The van der Waals surface area contributed by atoms with Crippen LogP contribution in [0.2, 0.25) is 5.02 Å².